The second kappa shape index (κ2) is 12.4. The van der Waals surface area contributed by atoms with E-state index in [-0.39, 0.29) is 10.8 Å². The van der Waals surface area contributed by atoms with E-state index in [9.17, 15) is 0 Å². The summed E-state index contributed by atoms with van der Waals surface area (Å²) in [5.74, 6) is 0. The highest BCUT2D eigenvalue weighted by Gasteiger charge is 2.52. The quantitative estimate of drug-likeness (QED) is 0.172. The van der Waals surface area contributed by atoms with Crippen molar-refractivity contribution in [2.75, 3.05) is 4.90 Å². The Bertz CT molecular complexity index is 3260. The fourth-order valence-electron chi connectivity index (χ4n) is 12.3. The highest BCUT2D eigenvalue weighted by Crippen LogP contribution is 2.65. The Morgan fingerprint density at radius 2 is 0.742 bits per heavy atom. The van der Waals surface area contributed by atoms with Gasteiger partial charge in [-0.2, -0.15) is 0 Å². The van der Waals surface area contributed by atoms with Gasteiger partial charge in [-0.05, 0) is 131 Å². The van der Waals surface area contributed by atoms with Gasteiger partial charge in [0, 0.05) is 27.8 Å². The van der Waals surface area contributed by atoms with Gasteiger partial charge in [-0.25, -0.2) is 0 Å². The molecule has 0 heterocycles. The van der Waals surface area contributed by atoms with Crippen LogP contribution in [0.2, 0.25) is 0 Å². The van der Waals surface area contributed by atoms with E-state index in [1.807, 2.05) is 0 Å². The van der Waals surface area contributed by atoms with Crippen molar-refractivity contribution in [2.45, 2.75) is 43.9 Å². The molecule has 0 saturated carbocycles. The number of anilines is 3. The Kier molecular flexibility index (Phi) is 7.12. The van der Waals surface area contributed by atoms with Gasteiger partial charge >= 0.3 is 0 Å². The van der Waals surface area contributed by atoms with Gasteiger partial charge in [0.05, 0.1) is 11.1 Å². The Balaban J connectivity index is 1.08. The molecule has 0 N–H and O–H groups in total. The summed E-state index contributed by atoms with van der Waals surface area (Å²) in [6, 6.07) is 75.9. The number of hydrogen-bond donors (Lipinski definition) is 0. The lowest BCUT2D eigenvalue weighted by atomic mass is 9.70. The Hall–Kier alpha value is -7.22. The minimum atomic E-state index is -0.474. The molecule has 4 aliphatic rings. The first-order valence-corrected chi connectivity index (χ1v) is 22.1. The molecule has 1 nitrogen and oxygen atoms in total. The van der Waals surface area contributed by atoms with E-state index in [2.05, 4.69) is 233 Å². The van der Waals surface area contributed by atoms with E-state index >= 15 is 0 Å². The minimum absolute atomic E-state index is 0.139. The average molecular weight is 792 g/mol. The van der Waals surface area contributed by atoms with Crippen molar-refractivity contribution in [1.29, 1.82) is 0 Å². The molecule has 1 unspecified atom stereocenters. The maximum Gasteiger partial charge on any atom is 0.0726 e. The average Bonchev–Trinajstić information content (AvgIpc) is 3.95. The number of hydrogen-bond acceptors (Lipinski definition) is 1. The van der Waals surface area contributed by atoms with E-state index in [1.165, 1.54) is 117 Å². The van der Waals surface area contributed by atoms with Gasteiger partial charge in [-0.3, -0.25) is 0 Å². The zero-order valence-electron chi connectivity index (χ0n) is 35.5. The normalized spacial score (nSPS) is 17.0. The topological polar surface area (TPSA) is 3.24 Å². The van der Waals surface area contributed by atoms with Gasteiger partial charge in [0.15, 0.2) is 0 Å². The molecule has 294 valence electrons. The maximum absolute atomic E-state index is 2.58. The molecule has 0 radical (unpaired) electrons. The lowest BCUT2D eigenvalue weighted by Gasteiger charge is -2.33. The molecule has 1 heteroatoms. The Morgan fingerprint density at radius 1 is 0.290 bits per heavy atom. The van der Waals surface area contributed by atoms with Crippen molar-refractivity contribution in [2.24, 2.45) is 0 Å². The smallest absolute Gasteiger partial charge is 0.0726 e. The van der Waals surface area contributed by atoms with E-state index in [0.29, 0.717) is 0 Å². The minimum Gasteiger partial charge on any atom is -0.310 e. The van der Waals surface area contributed by atoms with Gasteiger partial charge < -0.3 is 4.90 Å². The van der Waals surface area contributed by atoms with Gasteiger partial charge in [0.1, 0.15) is 0 Å². The van der Waals surface area contributed by atoms with Crippen LogP contribution in [0.5, 0.6) is 0 Å². The molecular formula is C61H45N. The highest BCUT2D eigenvalue weighted by molar-refractivity contribution is 6.02. The van der Waals surface area contributed by atoms with E-state index < -0.39 is 5.41 Å². The van der Waals surface area contributed by atoms with Crippen molar-refractivity contribution in [3.63, 3.8) is 0 Å². The fourth-order valence-corrected chi connectivity index (χ4v) is 12.3. The standard InChI is InChI=1S/C61H45N/c1-59(2)49-23-12-8-19-42(49)45-32-30-40(36-55(45)59)62(41-31-33-46-43-20-9-13-24-50(43)60(3,4)56(46)37-41)57-28-16-27-54-58(57)47-22-11-15-26-52(47)61(54)51-25-14-10-21-44(51)48-35-39(29-34-53(48)61)38-17-6-5-7-18-38/h5-37H,1-4H3. The van der Waals surface area contributed by atoms with E-state index in [4.69, 9.17) is 0 Å². The molecule has 1 spiro atoms. The van der Waals surface area contributed by atoms with Crippen LogP contribution < -0.4 is 4.90 Å². The number of rotatable bonds is 4. The van der Waals surface area contributed by atoms with Crippen molar-refractivity contribution in [3.8, 4) is 55.6 Å². The molecule has 9 aromatic rings. The summed E-state index contributed by atoms with van der Waals surface area (Å²) in [6.07, 6.45) is 0. The van der Waals surface area contributed by atoms with Gasteiger partial charge in [-0.15, -0.1) is 0 Å². The van der Waals surface area contributed by atoms with E-state index in [1.54, 1.807) is 0 Å². The second-order valence-corrected chi connectivity index (χ2v) is 18.8. The predicted octanol–water partition coefficient (Wildman–Crippen LogP) is 15.8. The van der Waals surface area contributed by atoms with Crippen molar-refractivity contribution in [3.05, 3.63) is 245 Å². The first-order valence-electron chi connectivity index (χ1n) is 22.1. The largest absolute Gasteiger partial charge is 0.310 e. The van der Waals surface area contributed by atoms with Gasteiger partial charge in [0.25, 0.3) is 0 Å². The molecule has 0 aliphatic heterocycles. The third-order valence-corrected chi connectivity index (χ3v) is 15.1. The Morgan fingerprint density at radius 3 is 1.34 bits per heavy atom. The molecule has 62 heavy (non-hydrogen) atoms. The number of benzene rings is 9. The molecule has 0 saturated heterocycles. The van der Waals surface area contributed by atoms with Crippen molar-refractivity contribution < 1.29 is 0 Å². The lowest BCUT2D eigenvalue weighted by molar-refractivity contribution is 0.660. The predicted molar refractivity (Wildman–Crippen MR) is 258 cm³/mol. The molecule has 0 bridgehead atoms. The summed E-state index contributed by atoms with van der Waals surface area (Å²) in [6.45, 7) is 9.55. The summed E-state index contributed by atoms with van der Waals surface area (Å²) in [5, 5.41) is 0. The molecule has 1 atom stereocenters. The van der Waals surface area contributed by atoms with Gasteiger partial charge in [-0.1, -0.05) is 191 Å². The first-order chi connectivity index (χ1) is 30.3. The summed E-state index contributed by atoms with van der Waals surface area (Å²) >= 11 is 0. The van der Waals surface area contributed by atoms with Crippen LogP contribution in [0.25, 0.3) is 55.6 Å². The first kappa shape index (κ1) is 35.5. The third-order valence-electron chi connectivity index (χ3n) is 15.1. The zero-order chi connectivity index (χ0) is 41.5. The molecule has 13 rings (SSSR count). The highest BCUT2D eigenvalue weighted by atomic mass is 15.1. The second-order valence-electron chi connectivity index (χ2n) is 18.8. The third kappa shape index (κ3) is 4.48. The summed E-state index contributed by atoms with van der Waals surface area (Å²) in [5.41, 5.74) is 26.7. The van der Waals surface area contributed by atoms with Crippen LogP contribution in [0, 0.1) is 0 Å². The van der Waals surface area contributed by atoms with Gasteiger partial charge in [0.2, 0.25) is 0 Å². The SMILES string of the molecule is CC1(C)c2ccccc2-c2ccc(N(c3ccc4c(c3)C(C)(C)c3ccccc3-4)c3cccc4c3-c3ccccc3C43c4ccccc4-c4cc(-c5ccccc5)ccc43)cc21. The van der Waals surface area contributed by atoms with E-state index in [0.717, 1.165) is 0 Å². The maximum atomic E-state index is 2.58. The van der Waals surface area contributed by atoms with Crippen molar-refractivity contribution >= 4 is 17.1 Å². The number of fused-ring (bicyclic) bond motifs is 16. The molecule has 9 aromatic carbocycles. The van der Waals surface area contributed by atoms with Crippen molar-refractivity contribution in [1.82, 2.24) is 0 Å². The summed E-state index contributed by atoms with van der Waals surface area (Å²) in [4.78, 5) is 2.58. The lowest BCUT2D eigenvalue weighted by Crippen LogP contribution is -2.26. The van der Waals surface area contributed by atoms with Crippen LogP contribution in [-0.4, -0.2) is 0 Å². The molecule has 4 aliphatic carbocycles. The monoisotopic (exact) mass is 791 g/mol. The Labute approximate surface area is 364 Å². The van der Waals surface area contributed by atoms with Crippen LogP contribution in [0.1, 0.15) is 72.2 Å². The van der Waals surface area contributed by atoms with Crippen LogP contribution in [-0.2, 0) is 16.2 Å². The zero-order valence-corrected chi connectivity index (χ0v) is 35.5. The molecule has 0 aromatic heterocycles. The van der Waals surface area contributed by atoms with Crippen LogP contribution >= 0.6 is 0 Å². The fraction of sp³-hybridized carbons (Fsp3) is 0.115. The summed E-state index contributed by atoms with van der Waals surface area (Å²) < 4.78 is 0. The molecular weight excluding hydrogens is 747 g/mol. The number of nitrogens with zero attached hydrogens (tertiary/aromatic N) is 1. The van der Waals surface area contributed by atoms with Crippen LogP contribution in [0.4, 0.5) is 17.1 Å². The molecule has 0 fully saturated rings. The summed E-state index contributed by atoms with van der Waals surface area (Å²) in [7, 11) is 0. The van der Waals surface area contributed by atoms with Crippen LogP contribution in [0.15, 0.2) is 200 Å². The molecule has 0 amide bonds. The van der Waals surface area contributed by atoms with Crippen LogP contribution in [0.3, 0.4) is 0 Å².